The molecule has 2 aliphatic rings. The van der Waals surface area contributed by atoms with E-state index in [9.17, 15) is 33.6 Å². The van der Waals surface area contributed by atoms with Gasteiger partial charge < -0.3 is 58.0 Å². The molecule has 1 aromatic rings. The fraction of sp³-hybridized carbons (Fsp3) is 0.683. The van der Waals surface area contributed by atoms with Gasteiger partial charge in [-0.2, -0.15) is 0 Å². The van der Waals surface area contributed by atoms with Crippen LogP contribution in [0.25, 0.3) is 0 Å². The van der Waals surface area contributed by atoms with Crippen LogP contribution in [0.5, 0.6) is 0 Å². The lowest BCUT2D eigenvalue weighted by molar-refractivity contribution is -0.338. The largest absolute Gasteiger partial charge is 0.469 e. The number of hydrogen-bond acceptors (Lipinski definition) is 17. The molecule has 2 amide bonds. The number of rotatable bonds is 23. The molecule has 19 heteroatoms. The molecule has 336 valence electrons. The third-order valence-electron chi connectivity index (χ3n) is 9.40. The van der Waals surface area contributed by atoms with Crippen molar-refractivity contribution >= 4 is 41.7 Å². The zero-order chi connectivity index (χ0) is 44.2. The second-order valence-corrected chi connectivity index (χ2v) is 14.5. The van der Waals surface area contributed by atoms with Gasteiger partial charge in [0.05, 0.1) is 13.7 Å². The minimum absolute atomic E-state index is 0.00472. The lowest BCUT2D eigenvalue weighted by atomic mass is 9.93. The van der Waals surface area contributed by atoms with Crippen LogP contribution in [-0.2, 0) is 87.5 Å². The first-order valence-corrected chi connectivity index (χ1v) is 20.0. The van der Waals surface area contributed by atoms with Crippen LogP contribution in [0.3, 0.4) is 0 Å². The molecule has 2 saturated heterocycles. The standard InChI is InChI=1S/C41H60N2O17/c1-24(44)42-34-38(55-21-30-17-13-12-14-18-30)36(31(22-53-26(3)46)58-40(34)52-20-16-11-9-8-10-15-19-33(50)51-7)60-41-35(43-25(2)45)39(57-29(6)49)37(56-28(5)48)32(59-41)23-54-27(4)47/h12-14,17-18,31-32,34-41H,8-11,15-16,19-23H2,1-7H3,(H,42,44)(H,43,45). The summed E-state index contributed by atoms with van der Waals surface area (Å²) in [6, 6.07) is 6.74. The third-order valence-corrected chi connectivity index (χ3v) is 9.40. The van der Waals surface area contributed by atoms with Crippen molar-refractivity contribution in [2.45, 2.75) is 154 Å². The lowest BCUT2D eigenvalue weighted by Crippen LogP contribution is -2.70. The molecule has 2 heterocycles. The smallest absolute Gasteiger partial charge is 0.305 e. The Balaban J connectivity index is 2.03. The number of amides is 2. The van der Waals surface area contributed by atoms with Crippen molar-refractivity contribution in [3.63, 3.8) is 0 Å². The molecule has 0 aliphatic carbocycles. The Morgan fingerprint density at radius 1 is 0.583 bits per heavy atom. The Kier molecular flexibility index (Phi) is 21.4. The van der Waals surface area contributed by atoms with E-state index >= 15 is 0 Å². The fourth-order valence-corrected chi connectivity index (χ4v) is 6.84. The number of esters is 5. The van der Waals surface area contributed by atoms with Crippen LogP contribution in [0.2, 0.25) is 0 Å². The highest BCUT2D eigenvalue weighted by Crippen LogP contribution is 2.34. The second-order valence-electron chi connectivity index (χ2n) is 14.5. The summed E-state index contributed by atoms with van der Waals surface area (Å²) in [6.07, 6.45) is -5.20. The van der Waals surface area contributed by atoms with Crippen molar-refractivity contribution in [1.29, 1.82) is 0 Å². The average Bonchev–Trinajstić information content (AvgIpc) is 3.17. The molecular weight excluding hydrogens is 792 g/mol. The first-order chi connectivity index (χ1) is 28.6. The van der Waals surface area contributed by atoms with Gasteiger partial charge in [-0.1, -0.05) is 56.0 Å². The average molecular weight is 853 g/mol. The zero-order valence-electron chi connectivity index (χ0n) is 35.4. The highest BCUT2D eigenvalue weighted by molar-refractivity contribution is 5.74. The predicted octanol–water partition coefficient (Wildman–Crippen LogP) is 2.33. The monoisotopic (exact) mass is 852 g/mol. The molecule has 0 saturated carbocycles. The minimum atomic E-state index is -1.56. The SMILES string of the molecule is COC(=O)CCCCCCCCOC1OC(COC(C)=O)C(OC2OC(COC(C)=O)C(OC(C)=O)C(OC(C)=O)C2NC(C)=O)C(OCc2ccccc2)C1NC(C)=O. The molecule has 3 rings (SSSR count). The van der Waals surface area contributed by atoms with Crippen molar-refractivity contribution in [2.75, 3.05) is 26.9 Å². The zero-order valence-corrected chi connectivity index (χ0v) is 35.4. The van der Waals surface area contributed by atoms with E-state index in [1.54, 1.807) is 0 Å². The molecule has 60 heavy (non-hydrogen) atoms. The van der Waals surface area contributed by atoms with Crippen molar-refractivity contribution in [3.8, 4) is 0 Å². The summed E-state index contributed by atoms with van der Waals surface area (Å²) >= 11 is 0. The first kappa shape index (κ1) is 49.7. The summed E-state index contributed by atoms with van der Waals surface area (Å²) < 4.78 is 58.8. The van der Waals surface area contributed by atoms with Crippen LogP contribution in [0.15, 0.2) is 30.3 Å². The summed E-state index contributed by atoms with van der Waals surface area (Å²) in [5.41, 5.74) is 0.760. The molecule has 10 unspecified atom stereocenters. The van der Waals surface area contributed by atoms with Crippen LogP contribution < -0.4 is 10.6 Å². The third kappa shape index (κ3) is 17.1. The molecule has 2 fully saturated rings. The van der Waals surface area contributed by atoms with E-state index in [0.717, 1.165) is 58.4 Å². The molecule has 0 aromatic heterocycles. The van der Waals surface area contributed by atoms with Gasteiger partial charge in [0.15, 0.2) is 24.8 Å². The van der Waals surface area contributed by atoms with Gasteiger partial charge >= 0.3 is 29.8 Å². The van der Waals surface area contributed by atoms with Gasteiger partial charge in [0, 0.05) is 54.6 Å². The van der Waals surface area contributed by atoms with Gasteiger partial charge in [-0.05, 0) is 18.4 Å². The number of benzene rings is 1. The van der Waals surface area contributed by atoms with Crippen LogP contribution in [0, 0.1) is 0 Å². The van der Waals surface area contributed by atoms with Gasteiger partial charge in [0.2, 0.25) is 11.8 Å². The molecule has 10 atom stereocenters. The quantitative estimate of drug-likeness (QED) is 0.0913. The number of methoxy groups -OCH3 is 1. The maximum atomic E-state index is 12.8. The lowest BCUT2D eigenvalue weighted by Gasteiger charge is -2.50. The van der Waals surface area contributed by atoms with E-state index in [1.165, 1.54) is 27.9 Å². The van der Waals surface area contributed by atoms with E-state index in [4.69, 9.17) is 47.4 Å². The minimum Gasteiger partial charge on any atom is -0.469 e. The predicted molar refractivity (Wildman–Crippen MR) is 207 cm³/mol. The van der Waals surface area contributed by atoms with E-state index < -0.39 is 104 Å². The number of hydrogen-bond donors (Lipinski definition) is 2. The van der Waals surface area contributed by atoms with Crippen molar-refractivity contribution in [1.82, 2.24) is 10.6 Å². The normalized spacial score (nSPS) is 26.2. The van der Waals surface area contributed by atoms with E-state index in [0.29, 0.717) is 12.8 Å². The number of carbonyl (C=O) groups excluding carboxylic acids is 7. The van der Waals surface area contributed by atoms with E-state index in [2.05, 4.69) is 10.6 Å². The molecule has 2 aliphatic heterocycles. The van der Waals surface area contributed by atoms with Crippen LogP contribution in [0.1, 0.15) is 92.1 Å². The number of ether oxygens (including phenoxy) is 10. The molecule has 0 radical (unpaired) electrons. The Morgan fingerprint density at radius 2 is 1.10 bits per heavy atom. The van der Waals surface area contributed by atoms with Gasteiger partial charge in [-0.15, -0.1) is 0 Å². The first-order valence-electron chi connectivity index (χ1n) is 20.0. The van der Waals surface area contributed by atoms with Crippen LogP contribution >= 0.6 is 0 Å². The van der Waals surface area contributed by atoms with E-state index in [1.807, 2.05) is 30.3 Å². The summed E-state index contributed by atoms with van der Waals surface area (Å²) in [5, 5.41) is 5.55. The number of nitrogens with one attached hydrogen (secondary N) is 2. The van der Waals surface area contributed by atoms with Gasteiger partial charge in [0.1, 0.15) is 49.7 Å². The summed E-state index contributed by atoms with van der Waals surface area (Å²) in [5.74, 6) is -4.22. The summed E-state index contributed by atoms with van der Waals surface area (Å²) in [7, 11) is 1.36. The van der Waals surface area contributed by atoms with E-state index in [-0.39, 0.29) is 25.8 Å². The number of carbonyl (C=O) groups is 7. The molecule has 0 spiro atoms. The topological polar surface area (TPSA) is 236 Å². The van der Waals surface area contributed by atoms with Crippen molar-refractivity contribution < 1.29 is 80.9 Å². The van der Waals surface area contributed by atoms with Crippen molar-refractivity contribution in [2.24, 2.45) is 0 Å². The highest BCUT2D eigenvalue weighted by atomic mass is 16.7. The Bertz CT molecular complexity index is 1560. The van der Waals surface area contributed by atoms with Gasteiger partial charge in [0.25, 0.3) is 0 Å². The maximum Gasteiger partial charge on any atom is 0.305 e. The second kappa shape index (κ2) is 25.8. The Hall–Kier alpha value is -4.69. The Morgan fingerprint density at radius 3 is 1.65 bits per heavy atom. The molecule has 2 N–H and O–H groups in total. The Labute approximate surface area is 350 Å². The maximum absolute atomic E-state index is 12.8. The molecule has 19 nitrogen and oxygen atoms in total. The van der Waals surface area contributed by atoms with Gasteiger partial charge in [-0.3, -0.25) is 33.6 Å². The summed E-state index contributed by atoms with van der Waals surface area (Å²) in [6.45, 7) is 6.46. The number of unbranched alkanes of at least 4 members (excludes halogenated alkanes) is 5. The van der Waals surface area contributed by atoms with Crippen LogP contribution in [0.4, 0.5) is 0 Å². The highest BCUT2D eigenvalue weighted by Gasteiger charge is 2.55. The van der Waals surface area contributed by atoms with Crippen molar-refractivity contribution in [3.05, 3.63) is 35.9 Å². The molecule has 0 bridgehead atoms. The van der Waals surface area contributed by atoms with Gasteiger partial charge in [-0.25, -0.2) is 0 Å². The summed E-state index contributed by atoms with van der Waals surface area (Å²) in [4.78, 5) is 85.9. The fourth-order valence-electron chi connectivity index (χ4n) is 6.84. The molecular formula is C41H60N2O17. The van der Waals surface area contributed by atoms with Crippen LogP contribution in [-0.4, -0.2) is 130 Å². The molecule has 1 aromatic carbocycles.